The molecule has 4 N–H and O–H groups in total. The fraction of sp³-hybridized carbons (Fsp3) is 0.750. The van der Waals surface area contributed by atoms with Crippen LogP contribution in [0.5, 0.6) is 0 Å². The molecule has 1 aliphatic rings. The molecular weight excluding hydrogens is 172 g/mol. The lowest BCUT2D eigenvalue weighted by Crippen LogP contribution is -2.30. The first-order chi connectivity index (χ1) is 6.20. The molecule has 1 rings (SSSR count). The Kier molecular flexibility index (Phi) is 4.01. The van der Waals surface area contributed by atoms with Gasteiger partial charge in [0.2, 0.25) is 0 Å². The first-order valence-corrected chi connectivity index (χ1v) is 4.28. The van der Waals surface area contributed by atoms with Crippen LogP contribution in [0, 0.1) is 0 Å². The van der Waals surface area contributed by atoms with Gasteiger partial charge < -0.3 is 25.6 Å². The van der Waals surface area contributed by atoms with Crippen molar-refractivity contribution in [2.45, 2.75) is 13.2 Å². The number of nitrogens with two attached hydrogens (primary N) is 1. The van der Waals surface area contributed by atoms with Crippen molar-refractivity contribution in [1.29, 1.82) is 0 Å². The van der Waals surface area contributed by atoms with Crippen LogP contribution in [0.3, 0.4) is 0 Å². The lowest BCUT2D eigenvalue weighted by molar-refractivity contribution is -0.0385. The zero-order valence-electron chi connectivity index (χ0n) is 7.75. The van der Waals surface area contributed by atoms with Gasteiger partial charge >= 0.3 is 0 Å². The normalized spacial score (nSPS) is 20.4. The average molecular weight is 188 g/mol. The second-order valence-corrected chi connectivity index (χ2v) is 2.91. The summed E-state index contributed by atoms with van der Waals surface area (Å²) in [5, 5.41) is 12.0. The molecular formula is C8H16N2O3. The molecule has 0 aromatic rings. The molecule has 0 aliphatic carbocycles. The highest BCUT2D eigenvalue weighted by Crippen LogP contribution is 2.01. The van der Waals surface area contributed by atoms with E-state index in [1.807, 2.05) is 0 Å². The molecule has 76 valence electrons. The minimum Gasteiger partial charge on any atom is -0.511 e. The molecule has 1 heterocycles. The van der Waals surface area contributed by atoms with Gasteiger partial charge in [-0.1, -0.05) is 0 Å². The third-order valence-corrected chi connectivity index (χ3v) is 1.78. The smallest absolute Gasteiger partial charge is 0.170 e. The van der Waals surface area contributed by atoms with Gasteiger partial charge in [0.05, 0.1) is 18.9 Å². The third-order valence-electron chi connectivity index (χ3n) is 1.78. The molecule has 5 heteroatoms. The summed E-state index contributed by atoms with van der Waals surface area (Å²) in [5.41, 5.74) is 5.93. The summed E-state index contributed by atoms with van der Waals surface area (Å²) in [6.45, 7) is 3.90. The summed E-state index contributed by atoms with van der Waals surface area (Å²) in [6, 6.07) is 0. The number of aliphatic hydroxyl groups is 1. The molecule has 1 saturated heterocycles. The number of allylic oxidation sites excluding steroid dienone is 1. The fourth-order valence-electron chi connectivity index (χ4n) is 0.978. The summed E-state index contributed by atoms with van der Waals surface area (Å²) in [7, 11) is 0. The van der Waals surface area contributed by atoms with E-state index >= 15 is 0 Å². The van der Waals surface area contributed by atoms with Crippen molar-refractivity contribution in [3.05, 3.63) is 11.5 Å². The van der Waals surface area contributed by atoms with Gasteiger partial charge in [-0.15, -0.1) is 0 Å². The van der Waals surface area contributed by atoms with Gasteiger partial charge in [0.15, 0.2) is 6.29 Å². The molecule has 5 nitrogen and oxygen atoms in total. The van der Waals surface area contributed by atoms with E-state index in [4.69, 9.17) is 20.3 Å². The summed E-state index contributed by atoms with van der Waals surface area (Å²) >= 11 is 0. The highest BCUT2D eigenvalue weighted by molar-refractivity contribution is 5.01. The van der Waals surface area contributed by atoms with Crippen LogP contribution in [0.2, 0.25) is 0 Å². The van der Waals surface area contributed by atoms with E-state index in [1.54, 1.807) is 6.92 Å². The van der Waals surface area contributed by atoms with E-state index in [2.05, 4.69) is 5.32 Å². The van der Waals surface area contributed by atoms with Crippen molar-refractivity contribution in [2.24, 2.45) is 5.73 Å². The summed E-state index contributed by atoms with van der Waals surface area (Å²) < 4.78 is 10.4. The van der Waals surface area contributed by atoms with E-state index < -0.39 is 0 Å². The molecule has 0 radical (unpaired) electrons. The van der Waals surface area contributed by atoms with Crippen molar-refractivity contribution >= 4 is 0 Å². The monoisotopic (exact) mass is 188 g/mol. The largest absolute Gasteiger partial charge is 0.511 e. The minimum absolute atomic E-state index is 0.153. The van der Waals surface area contributed by atoms with Gasteiger partial charge in [0, 0.05) is 13.1 Å². The van der Waals surface area contributed by atoms with Crippen LogP contribution in [0.25, 0.3) is 0 Å². The first kappa shape index (κ1) is 10.3. The van der Waals surface area contributed by atoms with E-state index in [1.165, 1.54) is 0 Å². The number of ether oxygens (including phenoxy) is 2. The molecule has 0 aromatic heterocycles. The Labute approximate surface area is 77.5 Å². The Morgan fingerprint density at radius 1 is 1.54 bits per heavy atom. The average Bonchev–Trinajstić information content (AvgIpc) is 2.56. The van der Waals surface area contributed by atoms with Crippen LogP contribution < -0.4 is 11.1 Å². The molecule has 0 unspecified atom stereocenters. The van der Waals surface area contributed by atoms with Crippen LogP contribution in [-0.4, -0.2) is 37.7 Å². The summed E-state index contributed by atoms with van der Waals surface area (Å²) in [6.07, 6.45) is -0.174. The molecule has 0 spiro atoms. The molecule has 0 aromatic carbocycles. The number of hydrogen-bond acceptors (Lipinski definition) is 5. The Morgan fingerprint density at radius 3 is 2.69 bits per heavy atom. The van der Waals surface area contributed by atoms with Crippen molar-refractivity contribution < 1.29 is 14.6 Å². The van der Waals surface area contributed by atoms with E-state index in [-0.39, 0.29) is 12.0 Å². The third kappa shape index (κ3) is 3.63. The van der Waals surface area contributed by atoms with E-state index in [0.717, 1.165) is 0 Å². The number of nitrogens with one attached hydrogen (secondary N) is 1. The van der Waals surface area contributed by atoms with Crippen molar-refractivity contribution in [3.8, 4) is 0 Å². The zero-order chi connectivity index (χ0) is 9.68. The van der Waals surface area contributed by atoms with Gasteiger partial charge in [-0.25, -0.2) is 0 Å². The maximum Gasteiger partial charge on any atom is 0.170 e. The highest BCUT2D eigenvalue weighted by Gasteiger charge is 2.14. The molecule has 13 heavy (non-hydrogen) atoms. The van der Waals surface area contributed by atoms with Gasteiger partial charge in [0.1, 0.15) is 5.76 Å². The molecule has 0 bridgehead atoms. The summed E-state index contributed by atoms with van der Waals surface area (Å²) in [4.78, 5) is 0. The van der Waals surface area contributed by atoms with Gasteiger partial charge in [-0.05, 0) is 6.92 Å². The molecule has 1 fully saturated rings. The maximum atomic E-state index is 8.96. The Bertz CT molecular complexity index is 184. The van der Waals surface area contributed by atoms with Crippen molar-refractivity contribution in [1.82, 2.24) is 5.32 Å². The van der Waals surface area contributed by atoms with Crippen LogP contribution in [0.4, 0.5) is 0 Å². The van der Waals surface area contributed by atoms with E-state index in [9.17, 15) is 0 Å². The quantitative estimate of drug-likeness (QED) is 0.528. The Balaban J connectivity index is 2.10. The second kappa shape index (κ2) is 5.06. The van der Waals surface area contributed by atoms with Gasteiger partial charge in [-0.2, -0.15) is 0 Å². The highest BCUT2D eigenvalue weighted by atomic mass is 16.7. The van der Waals surface area contributed by atoms with Crippen LogP contribution in [0.1, 0.15) is 6.92 Å². The Hall–Kier alpha value is -0.780. The van der Waals surface area contributed by atoms with Gasteiger partial charge in [0.25, 0.3) is 0 Å². The lowest BCUT2D eigenvalue weighted by atomic mass is 10.4. The van der Waals surface area contributed by atoms with Crippen molar-refractivity contribution in [3.63, 3.8) is 0 Å². The standard InChI is InChI=1S/C8H16N2O3/c1-6(11)7(9)4-10-5-8-12-2-3-13-8/h8,10-11H,2-5,9H2,1H3/b7-6-. The van der Waals surface area contributed by atoms with Crippen LogP contribution in [-0.2, 0) is 9.47 Å². The first-order valence-electron chi connectivity index (χ1n) is 4.28. The van der Waals surface area contributed by atoms with Crippen molar-refractivity contribution in [2.75, 3.05) is 26.3 Å². The molecule has 0 saturated carbocycles. The lowest BCUT2D eigenvalue weighted by Gasteiger charge is -2.10. The predicted molar refractivity (Wildman–Crippen MR) is 48.1 cm³/mol. The zero-order valence-corrected chi connectivity index (χ0v) is 7.75. The van der Waals surface area contributed by atoms with Gasteiger partial charge in [-0.3, -0.25) is 0 Å². The predicted octanol–water partition coefficient (Wildman–Crippen LogP) is -0.303. The number of hydrogen-bond donors (Lipinski definition) is 3. The minimum atomic E-state index is -0.174. The molecule has 0 atom stereocenters. The van der Waals surface area contributed by atoms with Crippen LogP contribution >= 0.6 is 0 Å². The second-order valence-electron chi connectivity index (χ2n) is 2.91. The number of rotatable bonds is 4. The fourth-order valence-corrected chi connectivity index (χ4v) is 0.978. The number of aliphatic hydroxyl groups excluding tert-OH is 1. The molecule has 1 aliphatic heterocycles. The SMILES string of the molecule is C/C(O)=C(/N)CNCC1OCCO1. The summed E-state index contributed by atoms with van der Waals surface area (Å²) in [5.74, 6) is 0.153. The molecule has 0 amide bonds. The van der Waals surface area contributed by atoms with E-state index in [0.29, 0.717) is 32.0 Å². The maximum absolute atomic E-state index is 8.96. The van der Waals surface area contributed by atoms with Crippen LogP contribution in [0.15, 0.2) is 11.5 Å². The topological polar surface area (TPSA) is 76.7 Å². The Morgan fingerprint density at radius 2 is 2.15 bits per heavy atom.